The molecule has 0 radical (unpaired) electrons. The Labute approximate surface area is 242 Å². The van der Waals surface area contributed by atoms with Crippen LogP contribution in [0.1, 0.15) is 42.4 Å². The zero-order valence-corrected chi connectivity index (χ0v) is 24.6. The van der Waals surface area contributed by atoms with E-state index < -0.39 is 0 Å². The Balaban J connectivity index is 1.26. The second-order valence-corrected chi connectivity index (χ2v) is 12.1. The van der Waals surface area contributed by atoms with Crippen LogP contribution in [0.5, 0.6) is 17.2 Å². The topological polar surface area (TPSA) is 34.2 Å². The standard InChI is InChI=1S/C34H40N2O3S/c1-37-29-13-14-33-30(23-29)31(21-25-7-8-27(32(22-25)38-2)24-36-17-5-6-18-36)34(40-33)26-9-11-28(12-10-26)39-20-19-35-15-3-4-16-35/h7-14,22-23H,3-6,15-21,24H2,1-2H3. The van der Waals surface area contributed by atoms with Crippen LogP contribution < -0.4 is 14.2 Å². The lowest BCUT2D eigenvalue weighted by atomic mass is 9.97. The molecule has 6 rings (SSSR count). The van der Waals surface area contributed by atoms with Crippen LogP contribution in [0, 0.1) is 0 Å². The van der Waals surface area contributed by atoms with Gasteiger partial charge in [-0.05, 0) is 124 Å². The molecule has 3 heterocycles. The summed E-state index contributed by atoms with van der Waals surface area (Å²) in [7, 11) is 3.53. The number of rotatable bonds is 11. The Morgan fingerprint density at radius 1 is 0.750 bits per heavy atom. The monoisotopic (exact) mass is 556 g/mol. The lowest BCUT2D eigenvalue weighted by Gasteiger charge is -2.18. The highest BCUT2D eigenvalue weighted by Crippen LogP contribution is 2.42. The largest absolute Gasteiger partial charge is 0.497 e. The van der Waals surface area contributed by atoms with Gasteiger partial charge in [-0.15, -0.1) is 11.3 Å². The molecule has 0 saturated carbocycles. The van der Waals surface area contributed by atoms with E-state index in [4.69, 9.17) is 14.2 Å². The lowest BCUT2D eigenvalue weighted by molar-refractivity contribution is 0.238. The third-order valence-electron chi connectivity index (χ3n) is 8.31. The number of benzene rings is 3. The first-order valence-electron chi connectivity index (χ1n) is 14.6. The molecule has 2 aliphatic heterocycles. The molecule has 0 amide bonds. The number of hydrogen-bond donors (Lipinski definition) is 0. The number of ether oxygens (including phenoxy) is 3. The molecular formula is C34H40N2O3S. The maximum Gasteiger partial charge on any atom is 0.123 e. The van der Waals surface area contributed by atoms with Crippen molar-refractivity contribution in [2.75, 3.05) is 53.6 Å². The summed E-state index contributed by atoms with van der Waals surface area (Å²) in [5.41, 5.74) is 5.08. The van der Waals surface area contributed by atoms with Gasteiger partial charge in [0.25, 0.3) is 0 Å². The first-order valence-corrected chi connectivity index (χ1v) is 15.4. The first kappa shape index (κ1) is 27.1. The molecule has 0 bridgehead atoms. The number of hydrogen-bond acceptors (Lipinski definition) is 6. The second-order valence-electron chi connectivity index (χ2n) is 11.0. The zero-order valence-electron chi connectivity index (χ0n) is 23.8. The molecule has 0 aliphatic carbocycles. The maximum absolute atomic E-state index is 6.09. The highest BCUT2D eigenvalue weighted by Gasteiger charge is 2.18. The molecule has 210 valence electrons. The predicted octanol–water partition coefficient (Wildman–Crippen LogP) is 7.25. The van der Waals surface area contributed by atoms with E-state index in [1.807, 2.05) is 11.3 Å². The Bertz CT molecular complexity index is 1420. The van der Waals surface area contributed by atoms with Crippen LogP contribution in [0.25, 0.3) is 20.5 Å². The molecular weight excluding hydrogens is 516 g/mol. The minimum atomic E-state index is 0.739. The molecule has 2 saturated heterocycles. The Kier molecular flexibility index (Phi) is 8.57. The number of fused-ring (bicyclic) bond motifs is 1. The second kappa shape index (κ2) is 12.6. The molecule has 2 fully saturated rings. The summed E-state index contributed by atoms with van der Waals surface area (Å²) in [4.78, 5) is 6.31. The van der Waals surface area contributed by atoms with Gasteiger partial charge in [0.1, 0.15) is 23.9 Å². The van der Waals surface area contributed by atoms with Gasteiger partial charge in [-0.1, -0.05) is 12.1 Å². The van der Waals surface area contributed by atoms with Crippen LogP contribution in [-0.4, -0.2) is 63.4 Å². The molecule has 5 nitrogen and oxygen atoms in total. The van der Waals surface area contributed by atoms with Gasteiger partial charge >= 0.3 is 0 Å². The van der Waals surface area contributed by atoms with Crippen molar-refractivity contribution >= 4 is 21.4 Å². The highest BCUT2D eigenvalue weighted by atomic mass is 32.1. The maximum atomic E-state index is 6.09. The summed E-state index contributed by atoms with van der Waals surface area (Å²) in [5, 5.41) is 1.25. The minimum Gasteiger partial charge on any atom is -0.497 e. The van der Waals surface area contributed by atoms with Crippen LogP contribution in [0.4, 0.5) is 0 Å². The van der Waals surface area contributed by atoms with E-state index >= 15 is 0 Å². The third-order valence-corrected chi connectivity index (χ3v) is 9.58. The normalized spacial score (nSPS) is 16.1. The smallest absolute Gasteiger partial charge is 0.123 e. The van der Waals surface area contributed by atoms with E-state index in [0.29, 0.717) is 0 Å². The molecule has 40 heavy (non-hydrogen) atoms. The van der Waals surface area contributed by atoms with Crippen molar-refractivity contribution < 1.29 is 14.2 Å². The van der Waals surface area contributed by atoms with Crippen molar-refractivity contribution in [2.24, 2.45) is 0 Å². The van der Waals surface area contributed by atoms with Gasteiger partial charge in [0.2, 0.25) is 0 Å². The van der Waals surface area contributed by atoms with Crippen LogP contribution in [0.15, 0.2) is 60.7 Å². The number of likely N-dealkylation sites (tertiary alicyclic amines) is 2. The van der Waals surface area contributed by atoms with Crippen LogP contribution in [-0.2, 0) is 13.0 Å². The average molecular weight is 557 g/mol. The molecule has 3 aromatic carbocycles. The molecule has 0 spiro atoms. The molecule has 0 atom stereocenters. The molecule has 0 unspecified atom stereocenters. The van der Waals surface area contributed by atoms with Gasteiger partial charge in [-0.25, -0.2) is 0 Å². The van der Waals surface area contributed by atoms with Gasteiger partial charge in [-0.2, -0.15) is 0 Å². The first-order chi connectivity index (χ1) is 19.7. The van der Waals surface area contributed by atoms with Gasteiger partial charge in [-0.3, -0.25) is 9.80 Å². The third kappa shape index (κ3) is 6.14. The summed E-state index contributed by atoms with van der Waals surface area (Å²) < 4.78 is 18.8. The Hall–Kier alpha value is -3.06. The predicted molar refractivity (Wildman–Crippen MR) is 165 cm³/mol. The fraction of sp³-hybridized carbons (Fsp3) is 0.412. The van der Waals surface area contributed by atoms with Gasteiger partial charge in [0.15, 0.2) is 0 Å². The number of thiophene rings is 1. The van der Waals surface area contributed by atoms with Gasteiger partial charge < -0.3 is 14.2 Å². The summed E-state index contributed by atoms with van der Waals surface area (Å²) in [6, 6.07) is 21.8. The molecule has 1 aromatic heterocycles. The van der Waals surface area contributed by atoms with E-state index in [-0.39, 0.29) is 0 Å². The van der Waals surface area contributed by atoms with Crippen molar-refractivity contribution in [3.05, 3.63) is 77.4 Å². The summed E-state index contributed by atoms with van der Waals surface area (Å²) in [6.45, 7) is 7.47. The van der Waals surface area contributed by atoms with E-state index in [1.54, 1.807) is 14.2 Å². The molecule has 6 heteroatoms. The zero-order chi connectivity index (χ0) is 27.3. The summed E-state index contributed by atoms with van der Waals surface area (Å²) in [5.74, 6) is 2.81. The van der Waals surface area contributed by atoms with Crippen molar-refractivity contribution in [3.8, 4) is 27.7 Å². The SMILES string of the molecule is COc1ccc2sc(-c3ccc(OCCN4CCCC4)cc3)c(Cc3ccc(CN4CCCC4)c(OC)c3)c2c1. The fourth-order valence-corrected chi connectivity index (χ4v) is 7.29. The number of nitrogens with zero attached hydrogens (tertiary/aromatic N) is 2. The van der Waals surface area contributed by atoms with E-state index in [2.05, 4.69) is 70.5 Å². The summed E-state index contributed by atoms with van der Waals surface area (Å²) in [6.07, 6.45) is 6.05. The Morgan fingerprint density at radius 2 is 1.48 bits per heavy atom. The quantitative estimate of drug-likeness (QED) is 0.194. The van der Waals surface area contributed by atoms with Crippen LogP contribution in [0.2, 0.25) is 0 Å². The molecule has 0 N–H and O–H groups in total. The van der Waals surface area contributed by atoms with Gasteiger partial charge in [0, 0.05) is 33.6 Å². The van der Waals surface area contributed by atoms with E-state index in [1.165, 1.54) is 89.1 Å². The minimum absolute atomic E-state index is 0.739. The van der Waals surface area contributed by atoms with Crippen LogP contribution in [0.3, 0.4) is 0 Å². The van der Waals surface area contributed by atoms with E-state index in [0.717, 1.165) is 43.4 Å². The van der Waals surface area contributed by atoms with Gasteiger partial charge in [0.05, 0.1) is 14.2 Å². The summed E-state index contributed by atoms with van der Waals surface area (Å²) >= 11 is 1.85. The number of methoxy groups -OCH3 is 2. The average Bonchev–Trinajstić information content (AvgIpc) is 3.77. The van der Waals surface area contributed by atoms with Crippen molar-refractivity contribution in [1.29, 1.82) is 0 Å². The molecule has 2 aliphatic rings. The Morgan fingerprint density at radius 3 is 2.20 bits per heavy atom. The van der Waals surface area contributed by atoms with Crippen LogP contribution >= 0.6 is 11.3 Å². The van der Waals surface area contributed by atoms with Crippen molar-refractivity contribution in [2.45, 2.75) is 38.6 Å². The fourth-order valence-electron chi connectivity index (χ4n) is 6.08. The molecule has 4 aromatic rings. The van der Waals surface area contributed by atoms with Crippen molar-refractivity contribution in [3.63, 3.8) is 0 Å². The van der Waals surface area contributed by atoms with E-state index in [9.17, 15) is 0 Å². The van der Waals surface area contributed by atoms with Crippen molar-refractivity contribution in [1.82, 2.24) is 9.80 Å². The highest BCUT2D eigenvalue weighted by molar-refractivity contribution is 7.22. The lowest BCUT2D eigenvalue weighted by Crippen LogP contribution is -2.25.